The van der Waals surface area contributed by atoms with Gasteiger partial charge in [0.15, 0.2) is 5.11 Å². The quantitative estimate of drug-likeness (QED) is 0.576. The molecule has 0 aromatic heterocycles. The monoisotopic (exact) mass is 476 g/mol. The van der Waals surface area contributed by atoms with Crippen LogP contribution in [0.1, 0.15) is 35.2 Å². The highest BCUT2D eigenvalue weighted by atomic mass is 32.1. The summed E-state index contributed by atoms with van der Waals surface area (Å²) in [6, 6.07) is 11.8. The molecule has 0 aliphatic carbocycles. The molecule has 2 saturated heterocycles. The van der Waals surface area contributed by atoms with Crippen LogP contribution in [0.4, 0.5) is 8.78 Å². The number of benzene rings is 2. The van der Waals surface area contributed by atoms with E-state index in [1.54, 1.807) is 30.3 Å². The zero-order chi connectivity index (χ0) is 23.4. The minimum atomic E-state index is -1.32. The van der Waals surface area contributed by atoms with Gasteiger partial charge in [0, 0.05) is 36.3 Å². The number of rotatable bonds is 5. The summed E-state index contributed by atoms with van der Waals surface area (Å²) in [7, 11) is 0. The van der Waals surface area contributed by atoms with Crippen molar-refractivity contribution >= 4 is 23.2 Å². The molecule has 3 N–H and O–H groups in total. The third-order valence-electron chi connectivity index (χ3n) is 6.35. The lowest BCUT2D eigenvalue weighted by Gasteiger charge is -2.48. The van der Waals surface area contributed by atoms with Crippen LogP contribution < -0.4 is 10.6 Å². The van der Waals surface area contributed by atoms with Crippen molar-refractivity contribution in [3.63, 3.8) is 0 Å². The maximum Gasteiger partial charge on any atom is 0.257 e. The van der Waals surface area contributed by atoms with E-state index in [0.717, 1.165) is 25.0 Å². The fourth-order valence-corrected chi connectivity index (χ4v) is 4.92. The molecular weight excluding hydrogens is 450 g/mol. The van der Waals surface area contributed by atoms with Gasteiger partial charge in [0.2, 0.25) is 0 Å². The van der Waals surface area contributed by atoms with E-state index in [9.17, 15) is 18.7 Å². The first-order valence-electron chi connectivity index (χ1n) is 10.9. The molecule has 4 rings (SSSR count). The molecule has 2 fully saturated rings. The predicted molar refractivity (Wildman–Crippen MR) is 122 cm³/mol. The molecule has 2 heterocycles. The Labute approximate surface area is 196 Å². The number of aliphatic hydroxyl groups excluding tert-OH is 1. The molecule has 176 valence electrons. The third kappa shape index (κ3) is 5.06. The SMILES string of the molecule is O=C(NC(=S)N[C@@]1(c2ccc(F)cc2F)CO[C@@H]([C@@H]2CCCO2)C[C@H]1CO)c1ccccc1. The number of hydrogen-bond donors (Lipinski definition) is 3. The van der Waals surface area contributed by atoms with Crippen molar-refractivity contribution in [1.82, 2.24) is 10.6 Å². The second-order valence-corrected chi connectivity index (χ2v) is 8.79. The lowest BCUT2D eigenvalue weighted by Crippen LogP contribution is -2.62. The largest absolute Gasteiger partial charge is 0.396 e. The van der Waals surface area contributed by atoms with Gasteiger partial charge in [0.25, 0.3) is 5.91 Å². The van der Waals surface area contributed by atoms with E-state index in [1.807, 2.05) is 0 Å². The van der Waals surface area contributed by atoms with Crippen molar-refractivity contribution in [2.75, 3.05) is 19.8 Å². The summed E-state index contributed by atoms with van der Waals surface area (Å²) in [5.74, 6) is -2.48. The Hall–Kier alpha value is -2.46. The van der Waals surface area contributed by atoms with Crippen molar-refractivity contribution in [3.05, 3.63) is 71.3 Å². The highest BCUT2D eigenvalue weighted by Crippen LogP contribution is 2.41. The predicted octanol–water partition coefficient (Wildman–Crippen LogP) is 3.04. The van der Waals surface area contributed by atoms with Crippen LogP contribution in [0.25, 0.3) is 0 Å². The summed E-state index contributed by atoms with van der Waals surface area (Å²) in [5, 5.41) is 15.9. The normalized spacial score (nSPS) is 27.2. The number of amides is 1. The first-order valence-corrected chi connectivity index (χ1v) is 11.3. The zero-order valence-electron chi connectivity index (χ0n) is 17.9. The van der Waals surface area contributed by atoms with Crippen molar-refractivity contribution in [3.8, 4) is 0 Å². The number of nitrogens with one attached hydrogen (secondary N) is 2. The van der Waals surface area contributed by atoms with Gasteiger partial charge in [-0.25, -0.2) is 8.78 Å². The Balaban J connectivity index is 1.61. The van der Waals surface area contributed by atoms with Crippen LogP contribution >= 0.6 is 12.2 Å². The fraction of sp³-hybridized carbons (Fsp3) is 0.417. The number of aliphatic hydroxyl groups is 1. The summed E-state index contributed by atoms with van der Waals surface area (Å²) >= 11 is 5.39. The molecule has 1 amide bonds. The van der Waals surface area contributed by atoms with Crippen LogP contribution in [-0.4, -0.2) is 48.2 Å². The average molecular weight is 477 g/mol. The van der Waals surface area contributed by atoms with Crippen LogP contribution in [0.15, 0.2) is 48.5 Å². The van der Waals surface area contributed by atoms with Gasteiger partial charge in [-0.15, -0.1) is 0 Å². The molecule has 2 aliphatic heterocycles. The van der Waals surface area contributed by atoms with E-state index in [1.165, 1.54) is 6.07 Å². The van der Waals surface area contributed by atoms with E-state index >= 15 is 0 Å². The molecular formula is C24H26F2N2O4S. The third-order valence-corrected chi connectivity index (χ3v) is 6.55. The molecule has 0 saturated carbocycles. The van der Waals surface area contributed by atoms with Gasteiger partial charge < -0.3 is 19.9 Å². The van der Waals surface area contributed by atoms with E-state index in [4.69, 9.17) is 21.7 Å². The minimum Gasteiger partial charge on any atom is -0.396 e. The summed E-state index contributed by atoms with van der Waals surface area (Å²) < 4.78 is 40.5. The summed E-state index contributed by atoms with van der Waals surface area (Å²) in [6.07, 6.45) is 1.79. The highest BCUT2D eigenvalue weighted by Gasteiger charge is 2.49. The van der Waals surface area contributed by atoms with Gasteiger partial charge in [-0.1, -0.05) is 24.3 Å². The van der Waals surface area contributed by atoms with E-state index < -0.39 is 29.0 Å². The van der Waals surface area contributed by atoms with Gasteiger partial charge in [-0.2, -0.15) is 0 Å². The lowest BCUT2D eigenvalue weighted by atomic mass is 9.73. The smallest absolute Gasteiger partial charge is 0.257 e. The standard InChI is InChI=1S/C24H26F2N2O4S/c25-17-8-9-18(19(26)12-17)24(28-23(33)27-22(30)15-5-2-1-3-6-15)14-32-21(11-16(24)13-29)20-7-4-10-31-20/h1-3,5-6,8-9,12,16,20-21,29H,4,7,10-11,13-14H2,(H2,27,28,30,33)/t16-,20-,21+,24-/m0/s1. The van der Waals surface area contributed by atoms with Crippen molar-refractivity contribution < 1.29 is 28.2 Å². The van der Waals surface area contributed by atoms with Crippen LogP contribution in [0.5, 0.6) is 0 Å². The molecule has 33 heavy (non-hydrogen) atoms. The molecule has 9 heteroatoms. The Morgan fingerprint density at radius 1 is 1.15 bits per heavy atom. The molecule has 2 aromatic carbocycles. The average Bonchev–Trinajstić information content (AvgIpc) is 3.34. The van der Waals surface area contributed by atoms with Gasteiger partial charge in [0.1, 0.15) is 11.6 Å². The molecule has 0 bridgehead atoms. The van der Waals surface area contributed by atoms with Crippen LogP contribution in [0.3, 0.4) is 0 Å². The molecule has 2 aromatic rings. The maximum absolute atomic E-state index is 15.0. The highest BCUT2D eigenvalue weighted by molar-refractivity contribution is 7.80. The number of ether oxygens (including phenoxy) is 2. The topological polar surface area (TPSA) is 79.8 Å². The van der Waals surface area contributed by atoms with Gasteiger partial charge in [-0.3, -0.25) is 10.1 Å². The number of carbonyl (C=O) groups excluding carboxylic acids is 1. The Kier molecular flexibility index (Phi) is 7.33. The van der Waals surface area contributed by atoms with Crippen LogP contribution in [-0.2, 0) is 15.0 Å². The molecule has 2 aliphatic rings. The second-order valence-electron chi connectivity index (χ2n) is 8.39. The first-order chi connectivity index (χ1) is 15.9. The van der Waals surface area contributed by atoms with E-state index in [-0.39, 0.29) is 36.1 Å². The number of thiocarbonyl (C=S) groups is 1. The maximum atomic E-state index is 15.0. The van der Waals surface area contributed by atoms with E-state index in [0.29, 0.717) is 18.6 Å². The Bertz CT molecular complexity index is 1000. The zero-order valence-corrected chi connectivity index (χ0v) is 18.7. The summed E-state index contributed by atoms with van der Waals surface area (Å²) in [4.78, 5) is 12.6. The molecule has 0 radical (unpaired) electrons. The molecule has 4 atom stereocenters. The Morgan fingerprint density at radius 3 is 2.61 bits per heavy atom. The van der Waals surface area contributed by atoms with Crippen LogP contribution in [0.2, 0.25) is 0 Å². The summed E-state index contributed by atoms with van der Waals surface area (Å²) in [6.45, 7) is 0.304. The summed E-state index contributed by atoms with van der Waals surface area (Å²) in [5.41, 5.74) is -0.811. The molecule has 6 nitrogen and oxygen atoms in total. The minimum absolute atomic E-state index is 0.0490. The fourth-order valence-electron chi connectivity index (χ4n) is 4.64. The van der Waals surface area contributed by atoms with Crippen molar-refractivity contribution in [2.45, 2.75) is 37.0 Å². The van der Waals surface area contributed by atoms with Gasteiger partial charge in [0.05, 0.1) is 24.4 Å². The number of halogens is 2. The van der Waals surface area contributed by atoms with Gasteiger partial charge in [-0.05, 0) is 49.7 Å². The number of hydrogen-bond acceptors (Lipinski definition) is 5. The van der Waals surface area contributed by atoms with E-state index in [2.05, 4.69) is 10.6 Å². The van der Waals surface area contributed by atoms with Crippen molar-refractivity contribution in [1.29, 1.82) is 0 Å². The molecule has 0 unspecified atom stereocenters. The molecule has 0 spiro atoms. The van der Waals surface area contributed by atoms with Crippen molar-refractivity contribution in [2.24, 2.45) is 5.92 Å². The number of carbonyl (C=O) groups is 1. The van der Waals surface area contributed by atoms with Gasteiger partial charge >= 0.3 is 0 Å². The second kappa shape index (κ2) is 10.2. The Morgan fingerprint density at radius 2 is 1.94 bits per heavy atom. The van der Waals surface area contributed by atoms with Crippen LogP contribution in [0, 0.1) is 17.6 Å². The first kappa shape index (κ1) is 23.7. The lowest BCUT2D eigenvalue weighted by molar-refractivity contribution is -0.129.